The maximum atomic E-state index is 13.6. The first-order valence-electron chi connectivity index (χ1n) is 11.3. The highest BCUT2D eigenvalue weighted by Crippen LogP contribution is 2.35. The number of sulfonamides is 1. The molecule has 1 aliphatic rings. The highest BCUT2D eigenvalue weighted by molar-refractivity contribution is 7.89. The SMILES string of the molecule is Cc1c(Cl)ccc2sc(N(Cc3ccco3)C(=O)c3ccc(S(=O)(=O)N4CCCCC4)cc3)nc12. The van der Waals surface area contributed by atoms with E-state index in [9.17, 15) is 13.2 Å². The lowest BCUT2D eigenvalue weighted by molar-refractivity contribution is 0.0983. The van der Waals surface area contributed by atoms with E-state index in [2.05, 4.69) is 0 Å². The number of anilines is 1. The number of hydrogen-bond donors (Lipinski definition) is 0. The lowest BCUT2D eigenvalue weighted by atomic mass is 10.2. The van der Waals surface area contributed by atoms with Gasteiger partial charge >= 0.3 is 0 Å². The second-order valence-electron chi connectivity index (χ2n) is 8.48. The Balaban J connectivity index is 1.48. The zero-order valence-corrected chi connectivity index (χ0v) is 21.5. The summed E-state index contributed by atoms with van der Waals surface area (Å²) in [6, 6.07) is 13.4. The van der Waals surface area contributed by atoms with E-state index >= 15 is 0 Å². The number of nitrogens with zero attached hydrogens (tertiary/aromatic N) is 3. The highest BCUT2D eigenvalue weighted by atomic mass is 35.5. The fraction of sp³-hybridized carbons (Fsp3) is 0.280. The van der Waals surface area contributed by atoms with Crippen molar-refractivity contribution in [3.63, 3.8) is 0 Å². The highest BCUT2D eigenvalue weighted by Gasteiger charge is 2.27. The Hall–Kier alpha value is -2.72. The van der Waals surface area contributed by atoms with Crippen LogP contribution >= 0.6 is 22.9 Å². The van der Waals surface area contributed by atoms with Crippen LogP contribution in [0.15, 0.2) is 64.1 Å². The monoisotopic (exact) mass is 529 g/mol. The molecule has 0 N–H and O–H groups in total. The Morgan fingerprint density at radius 1 is 1.11 bits per heavy atom. The smallest absolute Gasteiger partial charge is 0.260 e. The fourth-order valence-electron chi connectivity index (χ4n) is 4.17. The second kappa shape index (κ2) is 9.73. The van der Waals surface area contributed by atoms with E-state index in [0.29, 0.717) is 34.6 Å². The third kappa shape index (κ3) is 4.73. The summed E-state index contributed by atoms with van der Waals surface area (Å²) >= 11 is 7.66. The van der Waals surface area contributed by atoms with Crippen LogP contribution in [0.1, 0.15) is 40.9 Å². The van der Waals surface area contributed by atoms with Crippen LogP contribution in [0, 0.1) is 6.92 Å². The van der Waals surface area contributed by atoms with Gasteiger partial charge in [-0.2, -0.15) is 4.31 Å². The second-order valence-corrected chi connectivity index (χ2v) is 11.8. The van der Waals surface area contributed by atoms with E-state index < -0.39 is 10.0 Å². The molecule has 1 saturated heterocycles. The summed E-state index contributed by atoms with van der Waals surface area (Å²) in [5.74, 6) is 0.308. The predicted molar refractivity (Wildman–Crippen MR) is 138 cm³/mol. The van der Waals surface area contributed by atoms with Crippen molar-refractivity contribution >= 4 is 54.2 Å². The summed E-state index contributed by atoms with van der Waals surface area (Å²) < 4.78 is 33.9. The first-order valence-corrected chi connectivity index (χ1v) is 14.0. The molecule has 0 radical (unpaired) electrons. The molecule has 0 atom stereocenters. The average molecular weight is 530 g/mol. The van der Waals surface area contributed by atoms with E-state index in [1.807, 2.05) is 19.1 Å². The molecule has 4 aromatic rings. The Kier molecular flexibility index (Phi) is 6.67. The van der Waals surface area contributed by atoms with Crippen molar-refractivity contribution in [1.82, 2.24) is 9.29 Å². The van der Waals surface area contributed by atoms with Gasteiger partial charge < -0.3 is 4.42 Å². The molecule has 2 aromatic carbocycles. The van der Waals surface area contributed by atoms with Gasteiger partial charge in [-0.3, -0.25) is 9.69 Å². The summed E-state index contributed by atoms with van der Waals surface area (Å²) in [6.45, 7) is 3.14. The van der Waals surface area contributed by atoms with Crippen LogP contribution in [0.4, 0.5) is 5.13 Å². The van der Waals surface area contributed by atoms with Gasteiger partial charge in [0.1, 0.15) is 5.76 Å². The van der Waals surface area contributed by atoms with Crippen molar-refractivity contribution in [3.05, 3.63) is 76.7 Å². The van der Waals surface area contributed by atoms with Crippen LogP contribution in [0.3, 0.4) is 0 Å². The number of furan rings is 1. The molecule has 1 amide bonds. The Morgan fingerprint density at radius 3 is 2.54 bits per heavy atom. The molecule has 1 aliphatic heterocycles. The molecule has 2 aromatic heterocycles. The van der Waals surface area contributed by atoms with Gasteiger partial charge in [-0.05, 0) is 73.9 Å². The predicted octanol–water partition coefficient (Wildman–Crippen LogP) is 5.87. The van der Waals surface area contributed by atoms with E-state index in [0.717, 1.165) is 35.0 Å². The first-order chi connectivity index (χ1) is 16.8. The first kappa shape index (κ1) is 24.0. The largest absolute Gasteiger partial charge is 0.467 e. The third-order valence-electron chi connectivity index (χ3n) is 6.16. The van der Waals surface area contributed by atoms with Gasteiger partial charge in [0.2, 0.25) is 10.0 Å². The van der Waals surface area contributed by atoms with Gasteiger partial charge in [-0.15, -0.1) is 0 Å². The molecule has 0 aliphatic carbocycles. The maximum Gasteiger partial charge on any atom is 0.260 e. The molecule has 182 valence electrons. The van der Waals surface area contributed by atoms with Gasteiger partial charge in [-0.1, -0.05) is 29.4 Å². The number of hydrogen-bond acceptors (Lipinski definition) is 6. The molecule has 1 fully saturated rings. The summed E-state index contributed by atoms with van der Waals surface area (Å²) in [5, 5.41) is 1.13. The van der Waals surface area contributed by atoms with Crippen LogP contribution in [0.25, 0.3) is 10.2 Å². The number of aryl methyl sites for hydroxylation is 1. The molecule has 0 saturated carbocycles. The number of thiazole rings is 1. The minimum absolute atomic E-state index is 0.187. The van der Waals surface area contributed by atoms with Crippen LogP contribution in [-0.2, 0) is 16.6 Å². The zero-order chi connectivity index (χ0) is 24.6. The number of carbonyl (C=O) groups is 1. The Labute approximate surface area is 213 Å². The number of amides is 1. The Bertz CT molecular complexity index is 1460. The number of rotatable bonds is 6. The minimum Gasteiger partial charge on any atom is -0.467 e. The summed E-state index contributed by atoms with van der Waals surface area (Å²) in [7, 11) is -3.57. The standard InChI is InChI=1S/C25H24ClN3O4S2/c1-17-21(26)11-12-22-23(17)27-25(34-22)29(16-19-6-5-15-33-19)24(30)18-7-9-20(10-8-18)35(31,32)28-13-3-2-4-14-28/h5-12,15H,2-4,13-14,16H2,1H3. The number of aromatic nitrogens is 1. The molecule has 35 heavy (non-hydrogen) atoms. The molecule has 0 spiro atoms. The van der Waals surface area contributed by atoms with E-state index in [4.69, 9.17) is 21.0 Å². The molecular weight excluding hydrogens is 506 g/mol. The molecule has 7 nitrogen and oxygen atoms in total. The van der Waals surface area contributed by atoms with E-state index in [1.165, 1.54) is 27.8 Å². The van der Waals surface area contributed by atoms with E-state index in [-0.39, 0.29) is 17.3 Å². The number of fused-ring (bicyclic) bond motifs is 1. The number of carbonyl (C=O) groups excluding carboxylic acids is 1. The van der Waals surface area contributed by atoms with Crippen molar-refractivity contribution in [2.75, 3.05) is 18.0 Å². The number of piperidine rings is 1. The molecule has 3 heterocycles. The van der Waals surface area contributed by atoms with Crippen LogP contribution in [-0.4, -0.2) is 36.7 Å². The average Bonchev–Trinajstić information content (AvgIpc) is 3.55. The molecule has 0 unspecified atom stereocenters. The fourth-order valence-corrected chi connectivity index (χ4v) is 6.86. The van der Waals surface area contributed by atoms with Crippen molar-refractivity contribution in [2.45, 2.75) is 37.6 Å². The molecular formula is C25H24ClN3O4S2. The summed E-state index contributed by atoms with van der Waals surface area (Å²) in [4.78, 5) is 20.1. The van der Waals surface area contributed by atoms with Gasteiger partial charge in [0.15, 0.2) is 5.13 Å². The van der Waals surface area contributed by atoms with Crippen LogP contribution in [0.5, 0.6) is 0 Å². The normalized spacial score (nSPS) is 14.9. The van der Waals surface area contributed by atoms with Crippen LogP contribution < -0.4 is 4.90 Å². The van der Waals surface area contributed by atoms with Crippen molar-refractivity contribution in [1.29, 1.82) is 0 Å². The number of halogens is 1. The summed E-state index contributed by atoms with van der Waals surface area (Å²) in [5.41, 5.74) is 1.96. The van der Waals surface area contributed by atoms with Crippen molar-refractivity contribution in [2.24, 2.45) is 0 Å². The lowest BCUT2D eigenvalue weighted by Crippen LogP contribution is -2.35. The Morgan fingerprint density at radius 2 is 1.86 bits per heavy atom. The topological polar surface area (TPSA) is 83.7 Å². The summed E-state index contributed by atoms with van der Waals surface area (Å²) in [6.07, 6.45) is 4.33. The third-order valence-corrected chi connectivity index (χ3v) is 9.53. The molecule has 5 rings (SSSR count). The molecule has 0 bridgehead atoms. The van der Waals surface area contributed by atoms with Gasteiger partial charge in [0.05, 0.1) is 27.9 Å². The quantitative estimate of drug-likeness (QED) is 0.312. The van der Waals surface area contributed by atoms with Crippen LogP contribution in [0.2, 0.25) is 5.02 Å². The van der Waals surface area contributed by atoms with Gasteiger partial charge in [0, 0.05) is 23.7 Å². The van der Waals surface area contributed by atoms with Crippen molar-refractivity contribution < 1.29 is 17.6 Å². The molecule has 10 heteroatoms. The van der Waals surface area contributed by atoms with Gasteiger partial charge in [-0.25, -0.2) is 13.4 Å². The maximum absolute atomic E-state index is 13.6. The number of benzene rings is 2. The van der Waals surface area contributed by atoms with Gasteiger partial charge in [0.25, 0.3) is 5.91 Å². The van der Waals surface area contributed by atoms with E-state index in [1.54, 1.807) is 35.4 Å². The zero-order valence-electron chi connectivity index (χ0n) is 19.1. The van der Waals surface area contributed by atoms with Crippen molar-refractivity contribution in [3.8, 4) is 0 Å². The lowest BCUT2D eigenvalue weighted by Gasteiger charge is -2.26. The minimum atomic E-state index is -3.57.